The maximum absolute atomic E-state index is 6.06. The van der Waals surface area contributed by atoms with Crippen molar-refractivity contribution in [2.24, 2.45) is 0 Å². The molecule has 0 bridgehead atoms. The molecular weight excluding hydrogens is 244 g/mol. The van der Waals surface area contributed by atoms with Crippen molar-refractivity contribution in [3.05, 3.63) is 34.8 Å². The first kappa shape index (κ1) is 13.1. The quantitative estimate of drug-likeness (QED) is 0.914. The van der Waals surface area contributed by atoms with E-state index in [2.05, 4.69) is 24.9 Å². The molecule has 0 atom stereocenters. The van der Waals surface area contributed by atoms with Crippen LogP contribution >= 0.6 is 11.3 Å². The van der Waals surface area contributed by atoms with Crippen molar-refractivity contribution in [2.45, 2.75) is 26.4 Å². The predicted octanol–water partition coefficient (Wildman–Crippen LogP) is 3.66. The van der Waals surface area contributed by atoms with Crippen LogP contribution in [0.3, 0.4) is 0 Å². The topological polar surface area (TPSA) is 48.1 Å². The molecule has 0 aliphatic rings. The summed E-state index contributed by atoms with van der Waals surface area (Å²) in [5, 5.41) is 1.87. The lowest BCUT2D eigenvalue weighted by Crippen LogP contribution is -1.91. The van der Waals surface area contributed by atoms with Crippen LogP contribution in [0.5, 0.6) is 0 Å². The van der Waals surface area contributed by atoms with Crippen LogP contribution in [0.25, 0.3) is 11.3 Å². The van der Waals surface area contributed by atoms with Gasteiger partial charge in [0, 0.05) is 18.6 Å². The molecule has 0 saturated heterocycles. The first-order valence-electron chi connectivity index (χ1n) is 5.96. The van der Waals surface area contributed by atoms with E-state index in [1.165, 1.54) is 0 Å². The molecule has 4 heteroatoms. The Labute approximate surface area is 112 Å². The summed E-state index contributed by atoms with van der Waals surface area (Å²) in [6.45, 7) is 4.86. The Hall–Kier alpha value is -1.39. The van der Waals surface area contributed by atoms with Gasteiger partial charge in [-0.2, -0.15) is 0 Å². The number of hydrogen-bond acceptors (Lipinski definition) is 4. The zero-order valence-electron chi connectivity index (χ0n) is 10.9. The number of benzene rings is 1. The zero-order chi connectivity index (χ0) is 13.1. The van der Waals surface area contributed by atoms with Gasteiger partial charge in [-0.3, -0.25) is 0 Å². The molecule has 2 N–H and O–H groups in total. The van der Waals surface area contributed by atoms with Gasteiger partial charge in [-0.1, -0.05) is 32.0 Å². The van der Waals surface area contributed by atoms with Crippen LogP contribution in [0.4, 0.5) is 5.00 Å². The molecule has 0 fully saturated rings. The van der Waals surface area contributed by atoms with Gasteiger partial charge in [-0.05, 0) is 11.6 Å². The van der Waals surface area contributed by atoms with E-state index in [-0.39, 0.29) is 0 Å². The highest BCUT2D eigenvalue weighted by Crippen LogP contribution is 2.34. The Morgan fingerprint density at radius 2 is 2.17 bits per heavy atom. The van der Waals surface area contributed by atoms with Gasteiger partial charge in [-0.15, -0.1) is 11.3 Å². The number of rotatable bonds is 4. The number of aromatic nitrogens is 1. The van der Waals surface area contributed by atoms with Crippen molar-refractivity contribution in [1.29, 1.82) is 0 Å². The summed E-state index contributed by atoms with van der Waals surface area (Å²) >= 11 is 1.57. The summed E-state index contributed by atoms with van der Waals surface area (Å²) in [7, 11) is 1.70. The number of anilines is 1. The second-order valence-corrected chi connectivity index (χ2v) is 5.62. The molecular formula is C14H18N2OS. The van der Waals surface area contributed by atoms with Gasteiger partial charge in [-0.25, -0.2) is 4.98 Å². The van der Waals surface area contributed by atoms with Gasteiger partial charge in [0.1, 0.15) is 10.7 Å². The van der Waals surface area contributed by atoms with Crippen LogP contribution in [-0.2, 0) is 11.3 Å². The fraction of sp³-hybridized carbons (Fsp3) is 0.357. The summed E-state index contributed by atoms with van der Waals surface area (Å²) in [6, 6.07) is 8.17. The largest absolute Gasteiger partial charge is 0.389 e. The Bertz CT molecular complexity index is 534. The van der Waals surface area contributed by atoms with E-state index < -0.39 is 0 Å². The molecule has 0 amide bonds. The van der Waals surface area contributed by atoms with Crippen LogP contribution in [0, 0.1) is 0 Å². The lowest BCUT2D eigenvalue weighted by atomic mass is 10.1. The minimum Gasteiger partial charge on any atom is -0.389 e. The summed E-state index contributed by atoms with van der Waals surface area (Å²) in [6.07, 6.45) is 0. The van der Waals surface area contributed by atoms with Gasteiger partial charge in [0.05, 0.1) is 11.6 Å². The molecule has 0 radical (unpaired) electrons. The SMILES string of the molecule is COCc1cccc(-c2nc(C(C)C)sc2N)c1. The number of ether oxygens (including phenoxy) is 1. The van der Waals surface area contributed by atoms with Crippen LogP contribution in [0.2, 0.25) is 0 Å². The van der Waals surface area contributed by atoms with Crippen LogP contribution in [0.1, 0.15) is 30.3 Å². The number of thiazole rings is 1. The number of hydrogen-bond donors (Lipinski definition) is 1. The highest BCUT2D eigenvalue weighted by Gasteiger charge is 2.13. The molecule has 1 heterocycles. The molecule has 0 unspecified atom stereocenters. The average Bonchev–Trinajstić information content (AvgIpc) is 2.72. The highest BCUT2D eigenvalue weighted by atomic mass is 32.1. The van der Waals surface area contributed by atoms with Crippen LogP contribution in [0.15, 0.2) is 24.3 Å². The monoisotopic (exact) mass is 262 g/mol. The van der Waals surface area contributed by atoms with Gasteiger partial charge in [0.15, 0.2) is 0 Å². The maximum atomic E-state index is 6.06. The van der Waals surface area contributed by atoms with E-state index in [1.807, 2.05) is 18.2 Å². The van der Waals surface area contributed by atoms with Crippen molar-refractivity contribution < 1.29 is 4.74 Å². The van der Waals surface area contributed by atoms with E-state index in [1.54, 1.807) is 18.4 Å². The molecule has 0 spiro atoms. The van der Waals surface area contributed by atoms with Crippen molar-refractivity contribution in [3.63, 3.8) is 0 Å². The fourth-order valence-electron chi connectivity index (χ4n) is 1.78. The predicted molar refractivity (Wildman–Crippen MR) is 76.8 cm³/mol. The maximum Gasteiger partial charge on any atom is 0.114 e. The van der Waals surface area contributed by atoms with Crippen molar-refractivity contribution in [1.82, 2.24) is 4.98 Å². The molecule has 96 valence electrons. The standard InChI is InChI=1S/C14H18N2OS/c1-9(2)14-16-12(13(15)18-14)11-6-4-5-10(7-11)8-17-3/h4-7,9H,8,15H2,1-3H3. The Kier molecular flexibility index (Phi) is 3.99. The molecule has 18 heavy (non-hydrogen) atoms. The molecule has 3 nitrogen and oxygen atoms in total. The first-order chi connectivity index (χ1) is 8.61. The minimum atomic E-state index is 0.410. The van der Waals surface area contributed by atoms with Crippen LogP contribution in [-0.4, -0.2) is 12.1 Å². The second kappa shape index (κ2) is 5.50. The van der Waals surface area contributed by atoms with Crippen LogP contribution < -0.4 is 5.73 Å². The van der Waals surface area contributed by atoms with E-state index in [4.69, 9.17) is 10.5 Å². The van der Waals surface area contributed by atoms with Crippen molar-refractivity contribution in [3.8, 4) is 11.3 Å². The van der Waals surface area contributed by atoms with Crippen molar-refractivity contribution >= 4 is 16.3 Å². The Morgan fingerprint density at radius 1 is 1.39 bits per heavy atom. The van der Waals surface area contributed by atoms with E-state index in [0.29, 0.717) is 12.5 Å². The Balaban J connectivity index is 2.38. The third kappa shape index (κ3) is 2.71. The lowest BCUT2D eigenvalue weighted by Gasteiger charge is -2.03. The summed E-state index contributed by atoms with van der Waals surface area (Å²) < 4.78 is 5.14. The first-order valence-corrected chi connectivity index (χ1v) is 6.78. The molecule has 1 aromatic heterocycles. The summed E-state index contributed by atoms with van der Waals surface area (Å²) in [5.74, 6) is 0.410. The van der Waals surface area contributed by atoms with Crippen molar-refractivity contribution in [2.75, 3.05) is 12.8 Å². The lowest BCUT2D eigenvalue weighted by molar-refractivity contribution is 0.185. The average molecular weight is 262 g/mol. The third-order valence-electron chi connectivity index (χ3n) is 2.68. The third-order valence-corrected chi connectivity index (χ3v) is 3.86. The zero-order valence-corrected chi connectivity index (χ0v) is 11.8. The van der Waals surface area contributed by atoms with Gasteiger partial charge >= 0.3 is 0 Å². The van der Waals surface area contributed by atoms with Gasteiger partial charge in [0.25, 0.3) is 0 Å². The molecule has 0 aliphatic heterocycles. The summed E-state index contributed by atoms with van der Waals surface area (Å²) in [5.41, 5.74) is 9.14. The Morgan fingerprint density at radius 3 is 2.78 bits per heavy atom. The smallest absolute Gasteiger partial charge is 0.114 e. The molecule has 0 saturated carbocycles. The normalized spacial score (nSPS) is 11.1. The molecule has 1 aromatic carbocycles. The van der Waals surface area contributed by atoms with Gasteiger partial charge < -0.3 is 10.5 Å². The minimum absolute atomic E-state index is 0.410. The molecule has 2 aromatic rings. The number of nitrogens with two attached hydrogens (primary N) is 1. The molecule has 2 rings (SSSR count). The van der Waals surface area contributed by atoms with Gasteiger partial charge in [0.2, 0.25) is 0 Å². The fourth-order valence-corrected chi connectivity index (χ4v) is 2.64. The van der Waals surface area contributed by atoms with E-state index in [9.17, 15) is 0 Å². The molecule has 0 aliphatic carbocycles. The number of nitrogens with zero attached hydrogens (tertiary/aromatic N) is 1. The van der Waals surface area contributed by atoms with E-state index >= 15 is 0 Å². The number of nitrogen functional groups attached to an aromatic ring is 1. The highest BCUT2D eigenvalue weighted by molar-refractivity contribution is 7.16. The second-order valence-electron chi connectivity index (χ2n) is 4.55. The van der Waals surface area contributed by atoms with E-state index in [0.717, 1.165) is 26.8 Å². The number of methoxy groups -OCH3 is 1. The summed E-state index contributed by atoms with van der Waals surface area (Å²) in [4.78, 5) is 4.63.